The molecule has 0 radical (unpaired) electrons. The zero-order valence-electron chi connectivity index (χ0n) is 19.5. The Balaban J connectivity index is 1.37. The van der Waals surface area contributed by atoms with Gasteiger partial charge in [-0.15, -0.1) is 4.91 Å². The summed E-state index contributed by atoms with van der Waals surface area (Å²) in [4.78, 5) is 29.4. The molecule has 1 atom stereocenters. The fraction of sp³-hybridized carbons (Fsp3) is 0.100. The molecule has 0 spiro atoms. The average Bonchev–Trinajstić information content (AvgIpc) is 3.24. The Morgan fingerprint density at radius 3 is 2.36 bits per heavy atom. The fourth-order valence-corrected chi connectivity index (χ4v) is 4.76. The van der Waals surface area contributed by atoms with Crippen LogP contribution in [0.15, 0.2) is 108 Å². The van der Waals surface area contributed by atoms with Crippen molar-refractivity contribution < 1.29 is 9.36 Å². The zero-order valence-corrected chi connectivity index (χ0v) is 19.5. The Labute approximate surface area is 208 Å². The largest absolute Gasteiger partial charge is 0.359 e. The fourth-order valence-electron chi connectivity index (χ4n) is 4.76. The molecular weight excluding hydrogens is 448 g/mol. The van der Waals surface area contributed by atoms with E-state index in [1.807, 2.05) is 30.3 Å². The van der Waals surface area contributed by atoms with Gasteiger partial charge in [0.15, 0.2) is 6.04 Å². The lowest BCUT2D eigenvalue weighted by Gasteiger charge is -2.07. The van der Waals surface area contributed by atoms with Gasteiger partial charge >= 0.3 is 11.7 Å². The highest BCUT2D eigenvalue weighted by atomic mass is 16.3. The maximum Gasteiger partial charge on any atom is 0.359 e. The van der Waals surface area contributed by atoms with Crippen LogP contribution < -0.4 is 9.88 Å². The predicted octanol–water partition coefficient (Wildman–Crippen LogP) is 5.86. The number of hydrogen-bond acceptors (Lipinski definition) is 5. The van der Waals surface area contributed by atoms with E-state index in [0.29, 0.717) is 24.2 Å². The number of nitroso groups, excluding NO2 is 1. The maximum atomic E-state index is 13.6. The predicted molar refractivity (Wildman–Crippen MR) is 140 cm³/mol. The first-order valence-corrected chi connectivity index (χ1v) is 11.9. The second-order valence-electron chi connectivity index (χ2n) is 9.01. The van der Waals surface area contributed by atoms with Gasteiger partial charge in [0.1, 0.15) is 23.3 Å². The normalized spacial score (nSPS) is 14.4. The summed E-state index contributed by atoms with van der Waals surface area (Å²) >= 11 is 0. The molecule has 1 aliphatic rings. The number of anilines is 1. The van der Waals surface area contributed by atoms with E-state index in [4.69, 9.17) is 4.98 Å². The van der Waals surface area contributed by atoms with Gasteiger partial charge in [-0.05, 0) is 39.2 Å². The molecule has 0 aliphatic carbocycles. The first-order chi connectivity index (χ1) is 17.7. The van der Waals surface area contributed by atoms with Crippen LogP contribution in [0.4, 0.5) is 11.5 Å². The third-order valence-corrected chi connectivity index (χ3v) is 6.60. The Hall–Kier alpha value is -4.71. The first-order valence-electron chi connectivity index (χ1n) is 11.9. The maximum absolute atomic E-state index is 13.6. The Morgan fingerprint density at radius 1 is 0.833 bits per heavy atom. The molecule has 0 amide bonds. The van der Waals surface area contributed by atoms with Crippen LogP contribution >= 0.6 is 0 Å². The lowest BCUT2D eigenvalue weighted by molar-refractivity contribution is -0.552. The number of carbonyl (C=O) groups is 1. The van der Waals surface area contributed by atoms with E-state index < -0.39 is 0 Å². The van der Waals surface area contributed by atoms with Crippen molar-refractivity contribution in [3.63, 3.8) is 0 Å². The van der Waals surface area contributed by atoms with Gasteiger partial charge in [-0.3, -0.25) is 5.32 Å². The van der Waals surface area contributed by atoms with E-state index in [2.05, 4.69) is 53.0 Å². The van der Waals surface area contributed by atoms with Crippen molar-refractivity contribution in [1.82, 2.24) is 4.98 Å². The topological polar surface area (TPSA) is 75.3 Å². The van der Waals surface area contributed by atoms with E-state index in [-0.39, 0.29) is 11.9 Å². The van der Waals surface area contributed by atoms with Gasteiger partial charge in [0.2, 0.25) is 0 Å². The Bertz CT molecular complexity index is 1600. The van der Waals surface area contributed by atoms with Crippen LogP contribution in [0, 0.1) is 4.91 Å². The molecule has 0 saturated carbocycles. The molecular formula is C30H23N4O2+. The summed E-state index contributed by atoms with van der Waals surface area (Å²) in [6.45, 7) is 0. The summed E-state index contributed by atoms with van der Waals surface area (Å²) in [5, 5.41) is 8.78. The lowest BCUT2D eigenvalue weighted by atomic mass is 10.0. The average molecular weight is 472 g/mol. The second kappa shape index (κ2) is 9.15. The monoisotopic (exact) mass is 471 g/mol. The van der Waals surface area contributed by atoms with Crippen LogP contribution in [0.25, 0.3) is 22.0 Å². The highest BCUT2D eigenvalue weighted by Crippen LogP contribution is 2.26. The van der Waals surface area contributed by atoms with Crippen molar-refractivity contribution in [3.8, 4) is 11.3 Å². The second-order valence-corrected chi connectivity index (χ2v) is 9.01. The molecule has 36 heavy (non-hydrogen) atoms. The van der Waals surface area contributed by atoms with Crippen LogP contribution in [-0.2, 0) is 12.8 Å². The third kappa shape index (κ3) is 4.14. The molecule has 1 unspecified atom stereocenters. The van der Waals surface area contributed by atoms with Crippen molar-refractivity contribution >= 4 is 28.2 Å². The third-order valence-electron chi connectivity index (χ3n) is 6.60. The number of fused-ring (bicyclic) bond motifs is 2. The molecule has 174 valence electrons. The van der Waals surface area contributed by atoms with Gasteiger partial charge in [0, 0.05) is 18.4 Å². The number of carbonyl (C=O) groups excluding carboxylic acids is 1. The molecule has 0 bridgehead atoms. The molecule has 6 rings (SSSR count). The first kappa shape index (κ1) is 21.8. The van der Waals surface area contributed by atoms with E-state index in [0.717, 1.165) is 33.6 Å². The Kier molecular flexibility index (Phi) is 5.54. The minimum atomic E-state index is -0.389. The van der Waals surface area contributed by atoms with Crippen LogP contribution in [0.3, 0.4) is 0 Å². The highest BCUT2D eigenvalue weighted by Gasteiger charge is 2.41. The zero-order chi connectivity index (χ0) is 24.5. The number of nitrogens with zero attached hydrogens (tertiary/aromatic N) is 3. The molecule has 4 aromatic carbocycles. The van der Waals surface area contributed by atoms with E-state index in [1.165, 1.54) is 5.39 Å². The van der Waals surface area contributed by atoms with Gasteiger partial charge in [0.25, 0.3) is 0 Å². The van der Waals surface area contributed by atoms with E-state index >= 15 is 0 Å². The molecule has 2 heterocycles. The van der Waals surface area contributed by atoms with Crippen LogP contribution in [0.5, 0.6) is 0 Å². The molecule has 0 fully saturated rings. The minimum Gasteiger partial charge on any atom is -0.258 e. The molecule has 1 N–H and O–H groups in total. The SMILES string of the molecule is O=Nc1ccc(-c2c[n+]3c(c(Cc4ccccc4)n2)NC(Cc2ccc4ccccc4c2)C3=O)cc1. The van der Waals surface area contributed by atoms with Gasteiger partial charge in [0.05, 0.1) is 0 Å². The van der Waals surface area contributed by atoms with Crippen LogP contribution in [-0.4, -0.2) is 16.9 Å². The van der Waals surface area contributed by atoms with Crippen molar-refractivity contribution in [3.05, 3.63) is 125 Å². The quantitative estimate of drug-likeness (QED) is 0.249. The number of nitrogens with one attached hydrogen (secondary N) is 1. The van der Waals surface area contributed by atoms with Crippen LogP contribution in [0.1, 0.15) is 21.6 Å². The van der Waals surface area contributed by atoms with Gasteiger partial charge in [-0.25, -0.2) is 9.78 Å². The van der Waals surface area contributed by atoms with Crippen molar-refractivity contribution in [2.75, 3.05) is 5.32 Å². The van der Waals surface area contributed by atoms with Crippen LogP contribution in [0.2, 0.25) is 0 Å². The summed E-state index contributed by atoms with van der Waals surface area (Å²) < 4.78 is 1.69. The molecule has 5 aromatic rings. The molecule has 1 aromatic heterocycles. The summed E-state index contributed by atoms with van der Waals surface area (Å²) in [5.74, 6) is 0.715. The van der Waals surface area contributed by atoms with E-state index in [9.17, 15) is 9.70 Å². The smallest absolute Gasteiger partial charge is 0.258 e. The van der Waals surface area contributed by atoms with Crippen molar-refractivity contribution in [1.29, 1.82) is 0 Å². The van der Waals surface area contributed by atoms with Crippen molar-refractivity contribution in [2.24, 2.45) is 5.18 Å². The summed E-state index contributed by atoms with van der Waals surface area (Å²) in [6, 6.07) is 31.2. The molecule has 6 heteroatoms. The molecule has 6 nitrogen and oxygen atoms in total. The number of hydrogen-bond donors (Lipinski definition) is 1. The number of rotatable bonds is 6. The number of aromatic nitrogens is 2. The van der Waals surface area contributed by atoms with Crippen molar-refractivity contribution in [2.45, 2.75) is 18.9 Å². The lowest BCUT2D eigenvalue weighted by Crippen LogP contribution is -2.44. The van der Waals surface area contributed by atoms with Gasteiger partial charge in [-0.2, -0.15) is 4.57 Å². The molecule has 0 saturated heterocycles. The summed E-state index contributed by atoms with van der Waals surface area (Å²) in [6.07, 6.45) is 2.94. The number of benzene rings is 4. The Morgan fingerprint density at radius 2 is 1.58 bits per heavy atom. The summed E-state index contributed by atoms with van der Waals surface area (Å²) in [7, 11) is 0. The summed E-state index contributed by atoms with van der Waals surface area (Å²) in [5.41, 5.74) is 4.85. The molecule has 1 aliphatic heterocycles. The van der Waals surface area contributed by atoms with Gasteiger partial charge in [-0.1, -0.05) is 84.9 Å². The highest BCUT2D eigenvalue weighted by molar-refractivity contribution is 5.85. The standard InChI is InChI=1S/C30H22N4O2/c35-30-27(18-21-10-11-22-8-4-5-9-24(22)16-21)32-29-26(17-20-6-2-1-3-7-20)31-28(19-34(29)30)23-12-14-25(33-36)15-13-23/h1-16,19,27H,17-18H2/p+1. The van der Waals surface area contributed by atoms with E-state index in [1.54, 1.807) is 35.0 Å². The van der Waals surface area contributed by atoms with Gasteiger partial charge < -0.3 is 0 Å². The minimum absolute atomic E-state index is 0.0118.